The number of imide groups is 1. The lowest BCUT2D eigenvalue weighted by molar-refractivity contribution is -0.142. The van der Waals surface area contributed by atoms with Gasteiger partial charge in [-0.2, -0.15) is 5.26 Å². The lowest BCUT2D eigenvalue weighted by Gasteiger charge is -2.31. The van der Waals surface area contributed by atoms with Crippen molar-refractivity contribution in [2.75, 3.05) is 11.5 Å². The van der Waals surface area contributed by atoms with Crippen molar-refractivity contribution in [1.29, 1.82) is 5.26 Å². The predicted octanol–water partition coefficient (Wildman–Crippen LogP) is 3.38. The van der Waals surface area contributed by atoms with Crippen LogP contribution in [-0.2, 0) is 19.4 Å². The van der Waals surface area contributed by atoms with E-state index in [0.717, 1.165) is 10.5 Å². The average Bonchev–Trinajstić information content (AvgIpc) is 3.32. The van der Waals surface area contributed by atoms with Crippen LogP contribution >= 0.6 is 11.6 Å². The molecule has 2 aromatic rings. The molecule has 7 nitrogen and oxygen atoms in total. The van der Waals surface area contributed by atoms with Crippen LogP contribution in [0, 0.1) is 11.3 Å². The minimum atomic E-state index is -3.33. The second-order valence-electron chi connectivity index (χ2n) is 7.42. The fourth-order valence-electron chi connectivity index (χ4n) is 3.75. The molecule has 9 heteroatoms. The van der Waals surface area contributed by atoms with Crippen LogP contribution in [0.1, 0.15) is 19.1 Å². The fourth-order valence-corrected chi connectivity index (χ4v) is 5.58. The van der Waals surface area contributed by atoms with Crippen LogP contribution in [0.25, 0.3) is 17.4 Å². The summed E-state index contributed by atoms with van der Waals surface area (Å²) >= 11 is 5.91. The van der Waals surface area contributed by atoms with Crippen LogP contribution in [0.2, 0.25) is 5.02 Å². The van der Waals surface area contributed by atoms with Crippen LogP contribution in [0.4, 0.5) is 0 Å². The number of sulfone groups is 1. The summed E-state index contributed by atoms with van der Waals surface area (Å²) in [6.07, 6.45) is 1.63. The zero-order valence-electron chi connectivity index (χ0n) is 16.5. The number of amides is 2. The standard InChI is InChI=1S/C22H17ClN2O5S/c1-13-18(10-17-6-7-20(30-17)14-2-4-15(23)5-3-14)21(26)25(22(27)19(13)11-24)16-8-9-31(28,29)12-16/h2-7,10,16H,8-9,12H2,1H3/b18-10+/t16-/m0/s1. The number of halogens is 1. The molecule has 1 atom stereocenters. The number of carbonyl (C=O) groups is 2. The van der Waals surface area contributed by atoms with Gasteiger partial charge < -0.3 is 4.42 Å². The molecule has 31 heavy (non-hydrogen) atoms. The Morgan fingerprint density at radius 1 is 1.16 bits per heavy atom. The Morgan fingerprint density at radius 3 is 2.48 bits per heavy atom. The van der Waals surface area contributed by atoms with E-state index in [0.29, 0.717) is 16.5 Å². The van der Waals surface area contributed by atoms with Crippen molar-refractivity contribution in [1.82, 2.24) is 4.90 Å². The second-order valence-corrected chi connectivity index (χ2v) is 10.1. The van der Waals surface area contributed by atoms with E-state index in [1.807, 2.05) is 6.07 Å². The van der Waals surface area contributed by atoms with Gasteiger partial charge >= 0.3 is 0 Å². The Balaban J connectivity index is 1.73. The van der Waals surface area contributed by atoms with Gasteiger partial charge in [0.05, 0.1) is 17.5 Å². The van der Waals surface area contributed by atoms with E-state index in [9.17, 15) is 23.3 Å². The lowest BCUT2D eigenvalue weighted by atomic mass is 9.93. The summed E-state index contributed by atoms with van der Waals surface area (Å²) in [5.41, 5.74) is 0.970. The minimum Gasteiger partial charge on any atom is -0.457 e. The van der Waals surface area contributed by atoms with Gasteiger partial charge in [0.2, 0.25) is 0 Å². The smallest absolute Gasteiger partial charge is 0.271 e. The Labute approximate surface area is 184 Å². The monoisotopic (exact) mass is 456 g/mol. The quantitative estimate of drug-likeness (QED) is 0.517. The highest BCUT2D eigenvalue weighted by molar-refractivity contribution is 7.91. The van der Waals surface area contributed by atoms with Crippen molar-refractivity contribution >= 4 is 39.3 Å². The van der Waals surface area contributed by atoms with Crippen molar-refractivity contribution in [3.63, 3.8) is 0 Å². The van der Waals surface area contributed by atoms with Gasteiger partial charge in [-0.15, -0.1) is 0 Å². The van der Waals surface area contributed by atoms with Crippen LogP contribution in [0.3, 0.4) is 0 Å². The molecule has 158 valence electrons. The number of nitriles is 1. The van der Waals surface area contributed by atoms with Crippen molar-refractivity contribution < 1.29 is 22.4 Å². The summed E-state index contributed by atoms with van der Waals surface area (Å²) in [7, 11) is -3.33. The average molecular weight is 457 g/mol. The zero-order chi connectivity index (χ0) is 22.3. The van der Waals surface area contributed by atoms with E-state index in [1.54, 1.807) is 36.4 Å². The Morgan fingerprint density at radius 2 is 1.87 bits per heavy atom. The molecule has 3 heterocycles. The minimum absolute atomic E-state index is 0.0962. The highest BCUT2D eigenvalue weighted by atomic mass is 35.5. The van der Waals surface area contributed by atoms with Crippen LogP contribution < -0.4 is 0 Å². The van der Waals surface area contributed by atoms with E-state index in [4.69, 9.17) is 16.0 Å². The highest BCUT2D eigenvalue weighted by Crippen LogP contribution is 2.32. The highest BCUT2D eigenvalue weighted by Gasteiger charge is 2.43. The van der Waals surface area contributed by atoms with Gasteiger partial charge in [-0.1, -0.05) is 11.6 Å². The van der Waals surface area contributed by atoms with Gasteiger partial charge in [-0.3, -0.25) is 14.5 Å². The molecule has 1 aromatic heterocycles. The van der Waals surface area contributed by atoms with Gasteiger partial charge in [0.1, 0.15) is 23.2 Å². The normalized spacial score (nSPS) is 22.3. The van der Waals surface area contributed by atoms with Crippen LogP contribution in [0.5, 0.6) is 0 Å². The summed E-state index contributed by atoms with van der Waals surface area (Å²) in [4.78, 5) is 26.8. The fraction of sp³-hybridized carbons (Fsp3) is 0.227. The topological polar surface area (TPSA) is 108 Å². The SMILES string of the molecule is CC1=C(C#N)C(=O)N([C@H]2CCS(=O)(=O)C2)C(=O)/C1=C/c1ccc(-c2ccc(Cl)cc2)o1. The summed E-state index contributed by atoms with van der Waals surface area (Å²) in [5.74, 6) is -0.863. The Kier molecular flexibility index (Phi) is 5.33. The first-order chi connectivity index (χ1) is 14.7. The first-order valence-electron chi connectivity index (χ1n) is 9.47. The molecule has 0 unspecified atom stereocenters. The summed E-state index contributed by atoms with van der Waals surface area (Å²) in [6.45, 7) is 1.52. The first kappa shape index (κ1) is 21.1. The molecule has 1 fully saturated rings. The molecule has 2 aliphatic heterocycles. The number of hydrogen-bond acceptors (Lipinski definition) is 6. The van der Waals surface area contributed by atoms with Crippen LogP contribution in [-0.4, -0.2) is 42.7 Å². The van der Waals surface area contributed by atoms with Gasteiger partial charge in [-0.25, -0.2) is 8.42 Å². The maximum absolute atomic E-state index is 13.2. The van der Waals surface area contributed by atoms with Crippen LogP contribution in [0.15, 0.2) is 57.5 Å². The third kappa shape index (κ3) is 3.94. The van der Waals surface area contributed by atoms with Gasteiger partial charge in [0, 0.05) is 16.2 Å². The number of benzene rings is 1. The number of hydrogen-bond donors (Lipinski definition) is 0. The first-order valence-corrected chi connectivity index (χ1v) is 11.7. The number of nitrogens with zero attached hydrogens (tertiary/aromatic N) is 2. The molecule has 0 N–H and O–H groups in total. The molecule has 0 bridgehead atoms. The summed E-state index contributed by atoms with van der Waals surface area (Å²) in [6, 6.07) is 11.5. The number of furan rings is 1. The zero-order valence-corrected chi connectivity index (χ0v) is 18.0. The predicted molar refractivity (Wildman–Crippen MR) is 114 cm³/mol. The second kappa shape index (κ2) is 7.84. The molecule has 2 aliphatic rings. The third-order valence-electron chi connectivity index (χ3n) is 5.39. The van der Waals surface area contributed by atoms with Crippen molar-refractivity contribution in [3.8, 4) is 17.4 Å². The molecule has 0 saturated carbocycles. The molecule has 1 aromatic carbocycles. The molecule has 0 aliphatic carbocycles. The van der Waals surface area contributed by atoms with Gasteiger partial charge in [0.15, 0.2) is 9.84 Å². The molecular weight excluding hydrogens is 440 g/mol. The van der Waals surface area contributed by atoms with E-state index in [-0.39, 0.29) is 34.6 Å². The number of carbonyl (C=O) groups excluding carboxylic acids is 2. The molecule has 4 rings (SSSR count). The molecular formula is C22H17ClN2O5S. The molecule has 0 radical (unpaired) electrons. The van der Waals surface area contributed by atoms with E-state index >= 15 is 0 Å². The third-order valence-corrected chi connectivity index (χ3v) is 7.39. The molecule has 2 amide bonds. The molecule has 0 spiro atoms. The Hall–Kier alpha value is -3.15. The molecule has 1 saturated heterocycles. The largest absolute Gasteiger partial charge is 0.457 e. The number of rotatable bonds is 3. The lowest BCUT2D eigenvalue weighted by Crippen LogP contribution is -2.49. The van der Waals surface area contributed by atoms with Crippen molar-refractivity contribution in [2.45, 2.75) is 19.4 Å². The maximum Gasteiger partial charge on any atom is 0.271 e. The maximum atomic E-state index is 13.2. The van der Waals surface area contributed by atoms with Crippen molar-refractivity contribution in [2.24, 2.45) is 0 Å². The van der Waals surface area contributed by atoms with Gasteiger partial charge in [0.25, 0.3) is 11.8 Å². The van der Waals surface area contributed by atoms with E-state index < -0.39 is 27.7 Å². The van der Waals surface area contributed by atoms with E-state index in [2.05, 4.69) is 0 Å². The summed E-state index contributed by atoms with van der Waals surface area (Å²) in [5, 5.41) is 10.1. The summed E-state index contributed by atoms with van der Waals surface area (Å²) < 4.78 is 29.6. The Bertz CT molecular complexity index is 1300. The van der Waals surface area contributed by atoms with Gasteiger partial charge in [-0.05, 0) is 61.4 Å². The van der Waals surface area contributed by atoms with E-state index in [1.165, 1.54) is 13.0 Å². The van der Waals surface area contributed by atoms with Crippen molar-refractivity contribution in [3.05, 3.63) is 63.9 Å².